The number of halogens is 8. The van der Waals surface area contributed by atoms with Crippen LogP contribution in [0.5, 0.6) is 0 Å². The molecule has 1 heterocycles. The topological polar surface area (TPSA) is 47.3 Å². The highest BCUT2D eigenvalue weighted by Crippen LogP contribution is 2.46. The Hall–Kier alpha value is -1.43. The molecule has 0 radical (unpaired) electrons. The molecular formula is C14H16F8N2O2. The molecule has 1 aliphatic rings. The molecule has 12 heteroatoms. The van der Waals surface area contributed by atoms with E-state index in [4.69, 9.17) is 0 Å². The molecule has 0 unspecified atom stereocenters. The second kappa shape index (κ2) is 6.95. The molecule has 1 aromatic heterocycles. The minimum atomic E-state index is -5.13. The number of aryl methyl sites for hydroxylation is 1. The van der Waals surface area contributed by atoms with E-state index in [1.54, 1.807) is 0 Å². The van der Waals surface area contributed by atoms with E-state index in [1.165, 1.54) is 6.92 Å². The van der Waals surface area contributed by atoms with Crippen molar-refractivity contribution >= 4 is 0 Å². The Balaban J connectivity index is 2.36. The van der Waals surface area contributed by atoms with E-state index in [1.807, 2.05) is 0 Å². The SMILES string of the molecule is CCO[C@H](CCn1nc(C(F)(F)F)c2c1CCC(F)(F)[C@H]2O)C(F)(F)F. The van der Waals surface area contributed by atoms with Gasteiger partial charge in [0.25, 0.3) is 5.92 Å². The molecule has 0 aliphatic heterocycles. The fraction of sp³-hybridized carbons (Fsp3) is 0.786. The molecule has 150 valence electrons. The van der Waals surface area contributed by atoms with Crippen LogP contribution in [0.15, 0.2) is 0 Å². The lowest BCUT2D eigenvalue weighted by Crippen LogP contribution is -2.34. The quantitative estimate of drug-likeness (QED) is 0.769. The lowest BCUT2D eigenvalue weighted by Gasteiger charge is -2.29. The Morgan fingerprint density at radius 1 is 1.27 bits per heavy atom. The average Bonchev–Trinajstić information content (AvgIpc) is 2.85. The van der Waals surface area contributed by atoms with E-state index in [2.05, 4.69) is 9.84 Å². The molecule has 26 heavy (non-hydrogen) atoms. The van der Waals surface area contributed by atoms with Gasteiger partial charge in [0.05, 0.1) is 0 Å². The van der Waals surface area contributed by atoms with Crippen LogP contribution in [0, 0.1) is 0 Å². The Morgan fingerprint density at radius 3 is 2.38 bits per heavy atom. The van der Waals surface area contributed by atoms with Gasteiger partial charge >= 0.3 is 12.4 Å². The van der Waals surface area contributed by atoms with Crippen LogP contribution < -0.4 is 0 Å². The van der Waals surface area contributed by atoms with Crippen molar-refractivity contribution in [2.24, 2.45) is 0 Å². The van der Waals surface area contributed by atoms with Gasteiger partial charge < -0.3 is 9.84 Å². The summed E-state index contributed by atoms with van der Waals surface area (Å²) in [6.07, 6.45) is -17.0. The molecule has 0 fully saturated rings. The molecule has 0 aromatic carbocycles. The second-order valence-electron chi connectivity index (χ2n) is 5.87. The third-order valence-corrected chi connectivity index (χ3v) is 4.07. The van der Waals surface area contributed by atoms with Crippen LogP contribution in [0.2, 0.25) is 0 Å². The van der Waals surface area contributed by atoms with Crippen molar-refractivity contribution in [2.75, 3.05) is 6.61 Å². The minimum absolute atomic E-state index is 0.264. The average molecular weight is 396 g/mol. The summed E-state index contributed by atoms with van der Waals surface area (Å²) in [5.74, 6) is -3.78. The van der Waals surface area contributed by atoms with E-state index in [0.29, 0.717) is 4.68 Å². The molecule has 1 N–H and O–H groups in total. The summed E-state index contributed by atoms with van der Waals surface area (Å²) in [5, 5.41) is 12.8. The van der Waals surface area contributed by atoms with Gasteiger partial charge in [-0.3, -0.25) is 4.68 Å². The van der Waals surface area contributed by atoms with E-state index in [-0.39, 0.29) is 12.3 Å². The highest BCUT2D eigenvalue weighted by atomic mass is 19.4. The Kier molecular flexibility index (Phi) is 5.58. The third-order valence-electron chi connectivity index (χ3n) is 4.07. The number of hydrogen-bond donors (Lipinski definition) is 1. The highest BCUT2D eigenvalue weighted by Gasteiger charge is 2.51. The van der Waals surface area contributed by atoms with Gasteiger partial charge in [-0.25, -0.2) is 8.78 Å². The maximum Gasteiger partial charge on any atom is 0.435 e. The summed E-state index contributed by atoms with van der Waals surface area (Å²) in [5.41, 5.74) is -3.12. The lowest BCUT2D eigenvalue weighted by molar-refractivity contribution is -0.221. The summed E-state index contributed by atoms with van der Waals surface area (Å²) < 4.78 is 110. The van der Waals surface area contributed by atoms with Crippen molar-refractivity contribution in [3.05, 3.63) is 17.0 Å². The first-order valence-corrected chi connectivity index (χ1v) is 7.70. The summed E-state index contributed by atoms with van der Waals surface area (Å²) >= 11 is 0. The number of aliphatic hydroxyl groups excluding tert-OH is 1. The molecule has 0 bridgehead atoms. The van der Waals surface area contributed by atoms with Gasteiger partial charge in [0.15, 0.2) is 11.8 Å². The lowest BCUT2D eigenvalue weighted by atomic mass is 9.89. The normalized spacial score (nSPS) is 21.5. The van der Waals surface area contributed by atoms with Crippen LogP contribution in [0.4, 0.5) is 35.1 Å². The number of nitrogens with zero attached hydrogens (tertiary/aromatic N) is 2. The first-order chi connectivity index (χ1) is 11.8. The predicted molar refractivity (Wildman–Crippen MR) is 71.5 cm³/mol. The zero-order chi connectivity index (χ0) is 19.9. The van der Waals surface area contributed by atoms with Crippen LogP contribution in [0.1, 0.15) is 42.8 Å². The van der Waals surface area contributed by atoms with Crippen molar-refractivity contribution < 1.29 is 45.0 Å². The van der Waals surface area contributed by atoms with Gasteiger partial charge in [-0.1, -0.05) is 0 Å². The zero-order valence-electron chi connectivity index (χ0n) is 13.5. The molecule has 0 spiro atoms. The number of hydrogen-bond acceptors (Lipinski definition) is 3. The molecule has 0 saturated heterocycles. The summed E-state index contributed by atoms with van der Waals surface area (Å²) in [7, 11) is 0. The van der Waals surface area contributed by atoms with Gasteiger partial charge in [0, 0.05) is 37.3 Å². The Bertz CT molecular complexity index is 638. The molecule has 2 atom stereocenters. The molecule has 0 amide bonds. The van der Waals surface area contributed by atoms with Gasteiger partial charge in [-0.15, -0.1) is 0 Å². The van der Waals surface area contributed by atoms with E-state index >= 15 is 0 Å². The Morgan fingerprint density at radius 2 is 1.88 bits per heavy atom. The van der Waals surface area contributed by atoms with Crippen molar-refractivity contribution in [2.45, 2.75) is 63.2 Å². The number of alkyl halides is 8. The van der Waals surface area contributed by atoms with Crippen LogP contribution in [0.3, 0.4) is 0 Å². The van der Waals surface area contributed by atoms with Crippen molar-refractivity contribution in [3.8, 4) is 0 Å². The minimum Gasteiger partial charge on any atom is -0.382 e. The van der Waals surface area contributed by atoms with E-state index in [9.17, 15) is 40.2 Å². The first kappa shape index (κ1) is 20.9. The van der Waals surface area contributed by atoms with Gasteiger partial charge in [-0.2, -0.15) is 31.4 Å². The van der Waals surface area contributed by atoms with Crippen LogP contribution >= 0.6 is 0 Å². The maximum absolute atomic E-state index is 13.6. The van der Waals surface area contributed by atoms with Crippen LogP contribution in [0.25, 0.3) is 0 Å². The van der Waals surface area contributed by atoms with Crippen molar-refractivity contribution in [3.63, 3.8) is 0 Å². The summed E-state index contributed by atoms with van der Waals surface area (Å²) in [6.45, 7) is 0.440. The molecule has 1 aromatic rings. The molecule has 4 nitrogen and oxygen atoms in total. The first-order valence-electron chi connectivity index (χ1n) is 7.70. The van der Waals surface area contributed by atoms with Gasteiger partial charge in [0.1, 0.15) is 6.10 Å². The van der Waals surface area contributed by atoms with E-state index < -0.39 is 67.5 Å². The molecule has 2 rings (SSSR count). The van der Waals surface area contributed by atoms with Crippen LogP contribution in [-0.4, -0.2) is 39.7 Å². The Labute approximate surface area is 142 Å². The van der Waals surface area contributed by atoms with Gasteiger partial charge in [-0.05, 0) is 13.3 Å². The standard InChI is InChI=1S/C14H16F8N2O2/c1-2-26-8(13(17,18)19)4-6-24-7-3-5-12(15,16)11(25)9(7)10(23-24)14(20,21)22/h8,11,25H,2-6H2,1H3/t8-,11+/m1/s1. The second-order valence-corrected chi connectivity index (χ2v) is 5.87. The van der Waals surface area contributed by atoms with Crippen molar-refractivity contribution in [1.29, 1.82) is 0 Å². The number of ether oxygens (including phenoxy) is 1. The number of aliphatic hydroxyl groups is 1. The molecule has 1 aliphatic carbocycles. The van der Waals surface area contributed by atoms with E-state index in [0.717, 1.165) is 0 Å². The third kappa shape index (κ3) is 4.11. The maximum atomic E-state index is 13.6. The predicted octanol–water partition coefficient (Wildman–Crippen LogP) is 3.87. The van der Waals surface area contributed by atoms with Gasteiger partial charge in [0.2, 0.25) is 0 Å². The summed E-state index contributed by atoms with van der Waals surface area (Å²) in [6, 6.07) is 0. The largest absolute Gasteiger partial charge is 0.435 e. The molecular weight excluding hydrogens is 380 g/mol. The number of fused-ring (bicyclic) bond motifs is 1. The summed E-state index contributed by atoms with van der Waals surface area (Å²) in [4.78, 5) is 0. The fourth-order valence-electron chi connectivity index (χ4n) is 2.87. The zero-order valence-corrected chi connectivity index (χ0v) is 13.5. The molecule has 0 saturated carbocycles. The fourth-order valence-corrected chi connectivity index (χ4v) is 2.87. The number of aromatic nitrogens is 2. The number of rotatable bonds is 5. The van der Waals surface area contributed by atoms with Crippen LogP contribution in [-0.2, 0) is 23.9 Å². The smallest absolute Gasteiger partial charge is 0.382 e. The highest BCUT2D eigenvalue weighted by molar-refractivity contribution is 5.35. The monoisotopic (exact) mass is 396 g/mol. The van der Waals surface area contributed by atoms with Crippen molar-refractivity contribution in [1.82, 2.24) is 9.78 Å².